The second-order valence-corrected chi connectivity index (χ2v) is 7.89. The topological polar surface area (TPSA) is 32.8 Å². The predicted octanol–water partition coefficient (Wildman–Crippen LogP) is 4.88. The van der Waals surface area contributed by atoms with Gasteiger partial charge in [-0.15, -0.1) is 11.6 Å². The number of rotatable bonds is 8. The van der Waals surface area contributed by atoms with Gasteiger partial charge in [-0.25, -0.2) is 4.79 Å². The Morgan fingerprint density at radius 2 is 1.83 bits per heavy atom. The maximum absolute atomic E-state index is 12.4. The Hall–Kier alpha value is -0.940. The van der Waals surface area contributed by atoms with Crippen LogP contribution < -0.4 is 4.90 Å². The molecule has 1 amide bonds. The molecule has 6 heteroatoms. The summed E-state index contributed by atoms with van der Waals surface area (Å²) in [5.41, 5.74) is 1.71. The summed E-state index contributed by atoms with van der Waals surface area (Å²) in [6, 6.07) is 8.20. The Balaban J connectivity index is 2.77. The van der Waals surface area contributed by atoms with Crippen LogP contribution in [0.15, 0.2) is 24.3 Å². The fourth-order valence-electron chi connectivity index (χ4n) is 2.14. The van der Waals surface area contributed by atoms with Crippen molar-refractivity contribution in [2.24, 2.45) is 0 Å². The number of anilines is 1. The van der Waals surface area contributed by atoms with Gasteiger partial charge in [-0.2, -0.15) is 0 Å². The van der Waals surface area contributed by atoms with E-state index in [1.165, 1.54) is 0 Å². The van der Waals surface area contributed by atoms with Crippen molar-refractivity contribution in [3.05, 3.63) is 29.8 Å². The van der Waals surface area contributed by atoms with E-state index in [9.17, 15) is 4.79 Å². The number of carbonyl (C=O) groups is 1. The first kappa shape index (κ1) is 21.1. The summed E-state index contributed by atoms with van der Waals surface area (Å²) in [4.78, 5) is 16.3. The molecule has 0 aliphatic rings. The van der Waals surface area contributed by atoms with Gasteiger partial charge in [-0.1, -0.05) is 28.1 Å². The maximum atomic E-state index is 12.4. The van der Waals surface area contributed by atoms with Crippen LogP contribution in [0.25, 0.3) is 0 Å². The molecule has 0 bridgehead atoms. The summed E-state index contributed by atoms with van der Waals surface area (Å²) >= 11 is 9.20. The molecule has 0 unspecified atom stereocenters. The molecule has 0 saturated carbocycles. The van der Waals surface area contributed by atoms with E-state index in [-0.39, 0.29) is 6.09 Å². The van der Waals surface area contributed by atoms with Crippen LogP contribution in [-0.2, 0) is 11.3 Å². The standard InChI is InChI=1S/C18H28BrClN2O2/c1-18(2,3)24-17(23)22(12-5-10-19)14-15-6-8-16(9-7-15)21(4)13-11-20/h6-9H,5,10-14H2,1-4H3. The van der Waals surface area contributed by atoms with Crippen LogP contribution in [0.4, 0.5) is 10.5 Å². The zero-order valence-electron chi connectivity index (χ0n) is 15.0. The lowest BCUT2D eigenvalue weighted by Gasteiger charge is -2.27. The number of nitrogens with zero attached hydrogens (tertiary/aromatic N) is 2. The molecule has 0 heterocycles. The normalized spacial score (nSPS) is 11.2. The monoisotopic (exact) mass is 418 g/mol. The molecule has 1 aromatic carbocycles. The van der Waals surface area contributed by atoms with Gasteiger partial charge >= 0.3 is 6.09 Å². The lowest BCUT2D eigenvalue weighted by atomic mass is 10.2. The van der Waals surface area contributed by atoms with Crippen molar-refractivity contribution >= 4 is 39.3 Å². The van der Waals surface area contributed by atoms with E-state index < -0.39 is 5.60 Å². The number of ether oxygens (including phenoxy) is 1. The third-order valence-electron chi connectivity index (χ3n) is 3.38. The summed E-state index contributed by atoms with van der Waals surface area (Å²) in [7, 11) is 2.01. The molecule has 0 aliphatic carbocycles. The fourth-order valence-corrected chi connectivity index (χ4v) is 2.65. The average molecular weight is 420 g/mol. The van der Waals surface area contributed by atoms with Crippen molar-refractivity contribution in [1.29, 1.82) is 0 Å². The molecule has 0 fully saturated rings. The highest BCUT2D eigenvalue weighted by molar-refractivity contribution is 9.09. The molecule has 0 radical (unpaired) electrons. The molecular formula is C18H28BrClN2O2. The Morgan fingerprint density at radius 1 is 1.21 bits per heavy atom. The van der Waals surface area contributed by atoms with E-state index in [4.69, 9.17) is 16.3 Å². The van der Waals surface area contributed by atoms with Crippen LogP contribution in [0.3, 0.4) is 0 Å². The van der Waals surface area contributed by atoms with Crippen LogP contribution in [0, 0.1) is 0 Å². The molecule has 24 heavy (non-hydrogen) atoms. The maximum Gasteiger partial charge on any atom is 0.410 e. The largest absolute Gasteiger partial charge is 0.444 e. The molecule has 0 aliphatic heterocycles. The van der Waals surface area contributed by atoms with Gasteiger partial charge in [0.15, 0.2) is 0 Å². The van der Waals surface area contributed by atoms with E-state index >= 15 is 0 Å². The van der Waals surface area contributed by atoms with Gasteiger partial charge in [-0.3, -0.25) is 0 Å². The average Bonchev–Trinajstić information content (AvgIpc) is 2.50. The van der Waals surface area contributed by atoms with Crippen molar-refractivity contribution in [1.82, 2.24) is 4.90 Å². The molecule has 0 aromatic heterocycles. The van der Waals surface area contributed by atoms with E-state index in [0.29, 0.717) is 19.0 Å². The van der Waals surface area contributed by atoms with E-state index in [1.807, 2.05) is 40.0 Å². The second kappa shape index (κ2) is 10.1. The third-order valence-corrected chi connectivity index (χ3v) is 4.11. The van der Waals surface area contributed by atoms with Crippen molar-refractivity contribution in [2.75, 3.05) is 36.2 Å². The minimum absolute atomic E-state index is 0.271. The van der Waals surface area contributed by atoms with Crippen molar-refractivity contribution in [3.63, 3.8) is 0 Å². The molecule has 0 spiro atoms. The Labute approximate surface area is 159 Å². The predicted molar refractivity (Wildman–Crippen MR) is 105 cm³/mol. The summed E-state index contributed by atoms with van der Waals surface area (Å²) in [5, 5.41) is 0.856. The smallest absolute Gasteiger partial charge is 0.410 e. The van der Waals surface area contributed by atoms with Gasteiger partial charge in [0.05, 0.1) is 0 Å². The van der Waals surface area contributed by atoms with Gasteiger partial charge in [0.25, 0.3) is 0 Å². The number of halogens is 2. The number of hydrogen-bond donors (Lipinski definition) is 0. The van der Waals surface area contributed by atoms with Crippen LogP contribution in [0.1, 0.15) is 32.8 Å². The van der Waals surface area contributed by atoms with Crippen LogP contribution in [-0.4, -0.2) is 47.9 Å². The van der Waals surface area contributed by atoms with Crippen molar-refractivity contribution in [2.45, 2.75) is 39.3 Å². The first-order valence-corrected chi connectivity index (χ1v) is 9.82. The van der Waals surface area contributed by atoms with Crippen molar-refractivity contribution < 1.29 is 9.53 Å². The van der Waals surface area contributed by atoms with Gasteiger partial charge in [0, 0.05) is 43.6 Å². The molecular weight excluding hydrogens is 392 g/mol. The summed E-state index contributed by atoms with van der Waals surface area (Å²) < 4.78 is 5.51. The SMILES string of the molecule is CN(CCCl)c1ccc(CN(CCCBr)C(=O)OC(C)(C)C)cc1. The second-order valence-electron chi connectivity index (χ2n) is 6.72. The van der Waals surface area contributed by atoms with Crippen LogP contribution >= 0.6 is 27.5 Å². The van der Waals surface area contributed by atoms with Crippen molar-refractivity contribution in [3.8, 4) is 0 Å². The van der Waals surface area contributed by atoms with E-state index in [1.54, 1.807) is 4.90 Å². The molecule has 0 saturated heterocycles. The minimum atomic E-state index is -0.488. The highest BCUT2D eigenvalue weighted by atomic mass is 79.9. The highest BCUT2D eigenvalue weighted by Gasteiger charge is 2.22. The Bertz CT molecular complexity index is 503. The zero-order chi connectivity index (χ0) is 18.2. The molecule has 0 N–H and O–H groups in total. The number of benzene rings is 1. The number of amides is 1. The van der Waals surface area contributed by atoms with Gasteiger partial charge in [0.2, 0.25) is 0 Å². The lowest BCUT2D eigenvalue weighted by molar-refractivity contribution is 0.0234. The minimum Gasteiger partial charge on any atom is -0.444 e. The number of hydrogen-bond acceptors (Lipinski definition) is 3. The van der Waals surface area contributed by atoms with E-state index in [2.05, 4.69) is 33.0 Å². The molecule has 1 rings (SSSR count). The van der Waals surface area contributed by atoms with Gasteiger partial charge < -0.3 is 14.5 Å². The molecule has 4 nitrogen and oxygen atoms in total. The third kappa shape index (κ3) is 7.75. The Kier molecular flexibility index (Phi) is 8.92. The summed E-state index contributed by atoms with van der Waals surface area (Å²) in [6.45, 7) is 7.66. The van der Waals surface area contributed by atoms with Crippen LogP contribution in [0.2, 0.25) is 0 Å². The lowest BCUT2D eigenvalue weighted by Crippen LogP contribution is -2.37. The zero-order valence-corrected chi connectivity index (χ0v) is 17.4. The van der Waals surface area contributed by atoms with Gasteiger partial charge in [0.1, 0.15) is 5.60 Å². The molecule has 136 valence electrons. The molecule has 0 atom stereocenters. The quantitative estimate of drug-likeness (QED) is 0.563. The van der Waals surface area contributed by atoms with Crippen LogP contribution in [0.5, 0.6) is 0 Å². The first-order chi connectivity index (χ1) is 11.3. The van der Waals surface area contributed by atoms with E-state index in [0.717, 1.165) is 29.5 Å². The fraction of sp³-hybridized carbons (Fsp3) is 0.611. The first-order valence-electron chi connectivity index (χ1n) is 8.16. The highest BCUT2D eigenvalue weighted by Crippen LogP contribution is 2.17. The Morgan fingerprint density at radius 3 is 2.33 bits per heavy atom. The van der Waals surface area contributed by atoms with Gasteiger partial charge in [-0.05, 0) is 44.9 Å². The molecule has 1 aromatic rings. The summed E-state index contributed by atoms with van der Waals surface area (Å²) in [6.07, 6.45) is 0.613. The number of alkyl halides is 2. The summed E-state index contributed by atoms with van der Waals surface area (Å²) in [5.74, 6) is 0.594. The number of carbonyl (C=O) groups excluding carboxylic acids is 1.